The van der Waals surface area contributed by atoms with Crippen molar-refractivity contribution in [1.29, 1.82) is 5.26 Å². The first-order valence-corrected chi connectivity index (χ1v) is 8.46. The van der Waals surface area contributed by atoms with Crippen LogP contribution in [-0.4, -0.2) is 17.1 Å². The highest BCUT2D eigenvalue weighted by atomic mass is 16.5. The fourth-order valence-electron chi connectivity index (χ4n) is 3.15. The van der Waals surface area contributed by atoms with Gasteiger partial charge in [0, 0.05) is 12.4 Å². The van der Waals surface area contributed by atoms with Crippen molar-refractivity contribution in [3.05, 3.63) is 76.8 Å². The largest absolute Gasteiger partial charge is 0.463 e. The number of nitrogens with zero attached hydrogens (tertiary/aromatic N) is 2. The molecule has 1 aliphatic heterocycles. The highest BCUT2D eigenvalue weighted by Gasteiger charge is 2.37. The van der Waals surface area contributed by atoms with Gasteiger partial charge in [-0.25, -0.2) is 4.79 Å². The van der Waals surface area contributed by atoms with E-state index in [2.05, 4.69) is 6.07 Å². The maximum Gasteiger partial charge on any atom is 0.338 e. The molecule has 0 radical (unpaired) electrons. The van der Waals surface area contributed by atoms with Crippen LogP contribution in [0.15, 0.2) is 65.7 Å². The average Bonchev–Trinajstić information content (AvgIpc) is 3.15. The molecule has 2 aromatic rings. The third-order valence-corrected chi connectivity index (χ3v) is 4.27. The molecule has 0 spiro atoms. The Kier molecular flexibility index (Phi) is 4.94. The summed E-state index contributed by atoms with van der Waals surface area (Å²) in [6.07, 6.45) is 3.62. The van der Waals surface area contributed by atoms with E-state index in [-0.39, 0.29) is 6.61 Å². The van der Waals surface area contributed by atoms with Crippen LogP contribution in [0.1, 0.15) is 30.9 Å². The van der Waals surface area contributed by atoms with E-state index in [1.54, 1.807) is 18.4 Å². The summed E-state index contributed by atoms with van der Waals surface area (Å²) in [5.74, 6) is -0.145. The molecular weight excluding hydrogens is 328 g/mol. The van der Waals surface area contributed by atoms with Crippen molar-refractivity contribution in [3.8, 4) is 6.07 Å². The zero-order chi connectivity index (χ0) is 18.7. The van der Waals surface area contributed by atoms with Crippen LogP contribution in [0.4, 0.5) is 0 Å². The Morgan fingerprint density at radius 2 is 2.00 bits per heavy atom. The van der Waals surface area contributed by atoms with E-state index in [4.69, 9.17) is 9.47 Å². The normalized spacial score (nSPS) is 16.9. The van der Waals surface area contributed by atoms with Gasteiger partial charge in [0.25, 0.3) is 0 Å². The van der Waals surface area contributed by atoms with Gasteiger partial charge in [-0.2, -0.15) is 5.26 Å². The summed E-state index contributed by atoms with van der Waals surface area (Å²) in [7, 11) is 0. The van der Waals surface area contributed by atoms with E-state index in [1.807, 2.05) is 55.7 Å². The Bertz CT molecular complexity index is 930. The maximum absolute atomic E-state index is 12.6. The average molecular weight is 348 g/mol. The minimum absolute atomic E-state index is 0.256. The van der Waals surface area contributed by atoms with Gasteiger partial charge >= 0.3 is 5.97 Å². The van der Waals surface area contributed by atoms with E-state index in [9.17, 15) is 10.1 Å². The molecule has 0 aliphatic carbocycles. The molecule has 0 fully saturated rings. The number of hydrogen-bond donors (Lipinski definition) is 0. The first kappa shape index (κ1) is 17.6. The number of ether oxygens (including phenoxy) is 2. The lowest BCUT2D eigenvalue weighted by Gasteiger charge is -2.28. The van der Waals surface area contributed by atoms with Gasteiger partial charge in [-0.15, -0.1) is 0 Å². The minimum atomic E-state index is -0.537. The zero-order valence-corrected chi connectivity index (χ0v) is 15.0. The molecule has 3 rings (SSSR count). The predicted molar refractivity (Wildman–Crippen MR) is 97.6 cm³/mol. The number of aromatic nitrogens is 1. The van der Waals surface area contributed by atoms with Gasteiger partial charge in [-0.1, -0.05) is 29.8 Å². The van der Waals surface area contributed by atoms with Gasteiger partial charge in [0.15, 0.2) is 0 Å². The van der Waals surface area contributed by atoms with Gasteiger partial charge < -0.3 is 9.47 Å². The van der Waals surface area contributed by atoms with Crippen LogP contribution in [-0.2, 0) is 14.3 Å². The van der Waals surface area contributed by atoms with Crippen molar-refractivity contribution in [3.63, 3.8) is 0 Å². The number of carbonyl (C=O) groups is 1. The summed E-state index contributed by atoms with van der Waals surface area (Å²) >= 11 is 0. The highest BCUT2D eigenvalue weighted by Crippen LogP contribution is 2.42. The molecule has 5 heteroatoms. The molecule has 1 aromatic heterocycles. The van der Waals surface area contributed by atoms with Gasteiger partial charge in [-0.3, -0.25) is 4.57 Å². The first-order chi connectivity index (χ1) is 12.6. The molecule has 0 saturated heterocycles. The number of nitriles is 1. The molecular formula is C21H20N2O3. The summed E-state index contributed by atoms with van der Waals surface area (Å²) in [4.78, 5) is 12.6. The highest BCUT2D eigenvalue weighted by molar-refractivity contribution is 5.93. The van der Waals surface area contributed by atoms with Crippen molar-refractivity contribution in [2.45, 2.75) is 26.7 Å². The minimum Gasteiger partial charge on any atom is -0.463 e. The van der Waals surface area contributed by atoms with E-state index in [1.165, 1.54) is 0 Å². The van der Waals surface area contributed by atoms with Crippen molar-refractivity contribution < 1.29 is 14.3 Å². The summed E-state index contributed by atoms with van der Waals surface area (Å²) in [6, 6.07) is 13.8. The summed E-state index contributed by atoms with van der Waals surface area (Å²) < 4.78 is 12.9. The van der Waals surface area contributed by atoms with Crippen molar-refractivity contribution in [2.24, 2.45) is 0 Å². The third-order valence-electron chi connectivity index (χ3n) is 4.27. The lowest BCUT2D eigenvalue weighted by molar-refractivity contribution is -0.139. The second-order valence-corrected chi connectivity index (χ2v) is 6.06. The standard InChI is InChI=1S/C21H20N2O3/c1-4-25-21(24)18-15(3)26-20(23-10-5-6-11-23)17(13-22)19(18)16-9-7-8-14(2)12-16/h5-12,19H,4H2,1-3H3/t19-/m0/s1. The Hall–Kier alpha value is -3.26. The van der Waals surface area contributed by atoms with Crippen LogP contribution in [0, 0.1) is 18.3 Å². The summed E-state index contributed by atoms with van der Waals surface area (Å²) in [5.41, 5.74) is 2.65. The lowest BCUT2D eigenvalue weighted by atomic mass is 9.82. The first-order valence-electron chi connectivity index (χ1n) is 8.46. The van der Waals surface area contributed by atoms with E-state index in [0.717, 1.165) is 11.1 Å². The van der Waals surface area contributed by atoms with Crippen LogP contribution in [0.2, 0.25) is 0 Å². The summed E-state index contributed by atoms with van der Waals surface area (Å²) in [6.45, 7) is 5.72. The van der Waals surface area contributed by atoms with Crippen LogP contribution < -0.4 is 0 Å². The van der Waals surface area contributed by atoms with E-state index < -0.39 is 11.9 Å². The Labute approximate surface area is 152 Å². The molecule has 26 heavy (non-hydrogen) atoms. The van der Waals surface area contributed by atoms with Crippen LogP contribution >= 0.6 is 0 Å². The fourth-order valence-corrected chi connectivity index (χ4v) is 3.15. The number of rotatable bonds is 4. The summed E-state index contributed by atoms with van der Waals surface area (Å²) in [5, 5.41) is 9.90. The SMILES string of the molecule is CCOC(=O)C1=C(C)OC(n2cccc2)=C(C#N)[C@@H]1c1cccc(C)c1. The molecule has 5 nitrogen and oxygen atoms in total. The Morgan fingerprint density at radius 3 is 2.62 bits per heavy atom. The Morgan fingerprint density at radius 1 is 1.27 bits per heavy atom. The number of esters is 1. The van der Waals surface area contributed by atoms with Gasteiger partial charge in [-0.05, 0) is 38.5 Å². The number of aryl methyl sites for hydroxylation is 1. The monoisotopic (exact) mass is 348 g/mol. The topological polar surface area (TPSA) is 64.2 Å². The molecule has 0 N–H and O–H groups in total. The van der Waals surface area contributed by atoms with E-state index in [0.29, 0.717) is 22.8 Å². The number of carbonyl (C=O) groups excluding carboxylic acids is 1. The van der Waals surface area contributed by atoms with Crippen molar-refractivity contribution in [1.82, 2.24) is 4.57 Å². The molecule has 1 aliphatic rings. The van der Waals surface area contributed by atoms with Crippen LogP contribution in [0.5, 0.6) is 0 Å². The van der Waals surface area contributed by atoms with Crippen LogP contribution in [0.25, 0.3) is 5.88 Å². The van der Waals surface area contributed by atoms with Gasteiger partial charge in [0.1, 0.15) is 17.4 Å². The molecule has 2 heterocycles. The van der Waals surface area contributed by atoms with Gasteiger partial charge in [0.2, 0.25) is 5.88 Å². The van der Waals surface area contributed by atoms with Crippen LogP contribution in [0.3, 0.4) is 0 Å². The lowest BCUT2D eigenvalue weighted by Crippen LogP contribution is -2.24. The predicted octanol–water partition coefficient (Wildman–Crippen LogP) is 4.14. The van der Waals surface area contributed by atoms with E-state index >= 15 is 0 Å². The number of hydrogen-bond acceptors (Lipinski definition) is 4. The second-order valence-electron chi connectivity index (χ2n) is 6.06. The number of benzene rings is 1. The third kappa shape index (κ3) is 3.14. The Balaban J connectivity index is 2.23. The van der Waals surface area contributed by atoms with Gasteiger partial charge in [0.05, 0.1) is 18.1 Å². The zero-order valence-electron chi connectivity index (χ0n) is 15.0. The number of allylic oxidation sites excluding steroid dienone is 2. The smallest absolute Gasteiger partial charge is 0.338 e. The molecule has 0 saturated carbocycles. The molecule has 1 atom stereocenters. The molecule has 0 unspecified atom stereocenters. The molecule has 0 bridgehead atoms. The quantitative estimate of drug-likeness (QED) is 0.779. The fraction of sp³-hybridized carbons (Fsp3) is 0.238. The van der Waals surface area contributed by atoms with Crippen molar-refractivity contribution in [2.75, 3.05) is 6.61 Å². The molecule has 132 valence electrons. The molecule has 1 aromatic carbocycles. The van der Waals surface area contributed by atoms with Crippen molar-refractivity contribution >= 4 is 11.9 Å². The second kappa shape index (κ2) is 7.32. The maximum atomic E-state index is 12.6. The molecule has 0 amide bonds.